The van der Waals surface area contributed by atoms with Crippen LogP contribution in [0.3, 0.4) is 0 Å². The van der Waals surface area contributed by atoms with Crippen molar-refractivity contribution in [2.75, 3.05) is 18.4 Å². The van der Waals surface area contributed by atoms with Crippen LogP contribution in [0, 0.1) is 5.92 Å². The maximum atomic E-state index is 12.7. The molecule has 32 heavy (non-hydrogen) atoms. The zero-order valence-electron chi connectivity index (χ0n) is 17.6. The number of hydrogen-bond donors (Lipinski definition) is 2. The second-order valence-electron chi connectivity index (χ2n) is 7.81. The van der Waals surface area contributed by atoms with Gasteiger partial charge in [0.05, 0.1) is 12.2 Å². The van der Waals surface area contributed by atoms with Gasteiger partial charge in [0.1, 0.15) is 0 Å². The molecule has 7 nitrogen and oxygen atoms in total. The second-order valence-corrected chi connectivity index (χ2v) is 7.81. The van der Waals surface area contributed by atoms with Gasteiger partial charge in [-0.3, -0.25) is 14.4 Å². The lowest BCUT2D eigenvalue weighted by Gasteiger charge is -2.31. The number of furan rings is 1. The lowest BCUT2D eigenvalue weighted by Crippen LogP contribution is -2.45. The number of benzene rings is 2. The van der Waals surface area contributed by atoms with Gasteiger partial charge in [0.15, 0.2) is 5.76 Å². The molecular weight excluding hydrogens is 406 g/mol. The van der Waals surface area contributed by atoms with Crippen LogP contribution in [-0.2, 0) is 11.3 Å². The number of carbonyl (C=O) groups excluding carboxylic acids is 3. The molecule has 0 saturated carbocycles. The van der Waals surface area contributed by atoms with E-state index in [9.17, 15) is 14.4 Å². The van der Waals surface area contributed by atoms with Gasteiger partial charge in [-0.05, 0) is 54.8 Å². The van der Waals surface area contributed by atoms with E-state index in [4.69, 9.17) is 4.42 Å². The summed E-state index contributed by atoms with van der Waals surface area (Å²) in [5.74, 6) is -0.474. The van der Waals surface area contributed by atoms with Crippen molar-refractivity contribution in [2.24, 2.45) is 5.92 Å². The summed E-state index contributed by atoms with van der Waals surface area (Å²) in [6.07, 6.45) is 2.96. The van der Waals surface area contributed by atoms with Crippen LogP contribution >= 0.6 is 0 Å². The Morgan fingerprint density at radius 1 is 1.00 bits per heavy atom. The summed E-state index contributed by atoms with van der Waals surface area (Å²) in [5.41, 5.74) is 2.08. The van der Waals surface area contributed by atoms with Crippen molar-refractivity contribution in [2.45, 2.75) is 19.4 Å². The van der Waals surface area contributed by atoms with Gasteiger partial charge in [-0.15, -0.1) is 0 Å². The van der Waals surface area contributed by atoms with Gasteiger partial charge in [0.25, 0.3) is 11.8 Å². The third-order valence-corrected chi connectivity index (χ3v) is 5.50. The Labute approximate surface area is 186 Å². The fourth-order valence-electron chi connectivity index (χ4n) is 3.81. The maximum Gasteiger partial charge on any atom is 0.289 e. The van der Waals surface area contributed by atoms with Gasteiger partial charge in [-0.1, -0.05) is 30.3 Å². The summed E-state index contributed by atoms with van der Waals surface area (Å²) in [6, 6.07) is 19.7. The Kier molecular flexibility index (Phi) is 6.65. The van der Waals surface area contributed by atoms with Gasteiger partial charge >= 0.3 is 0 Å². The molecule has 1 aromatic heterocycles. The lowest BCUT2D eigenvalue weighted by molar-refractivity contribution is -0.126. The van der Waals surface area contributed by atoms with E-state index in [1.54, 1.807) is 35.2 Å². The highest BCUT2D eigenvalue weighted by atomic mass is 16.3. The Morgan fingerprint density at radius 3 is 2.62 bits per heavy atom. The minimum absolute atomic E-state index is 0.0962. The molecule has 1 fully saturated rings. The van der Waals surface area contributed by atoms with Crippen molar-refractivity contribution in [3.05, 3.63) is 89.9 Å². The Bertz CT molecular complexity index is 1080. The lowest BCUT2D eigenvalue weighted by atomic mass is 9.96. The Morgan fingerprint density at radius 2 is 1.84 bits per heavy atom. The number of nitrogens with zero attached hydrogens (tertiary/aromatic N) is 1. The molecule has 0 aliphatic carbocycles. The average molecular weight is 431 g/mol. The van der Waals surface area contributed by atoms with Crippen LogP contribution in [0.15, 0.2) is 77.4 Å². The van der Waals surface area contributed by atoms with Crippen molar-refractivity contribution in [3.63, 3.8) is 0 Å². The highest BCUT2D eigenvalue weighted by Gasteiger charge is 2.29. The summed E-state index contributed by atoms with van der Waals surface area (Å²) in [5, 5.41) is 5.80. The fraction of sp³-hybridized carbons (Fsp3) is 0.240. The van der Waals surface area contributed by atoms with E-state index in [2.05, 4.69) is 10.6 Å². The smallest absolute Gasteiger partial charge is 0.289 e. The largest absolute Gasteiger partial charge is 0.459 e. The van der Waals surface area contributed by atoms with E-state index in [0.717, 1.165) is 24.1 Å². The molecule has 1 aliphatic heterocycles. The third-order valence-electron chi connectivity index (χ3n) is 5.50. The highest BCUT2D eigenvalue weighted by Crippen LogP contribution is 2.19. The number of anilines is 1. The van der Waals surface area contributed by atoms with Crippen LogP contribution in [0.25, 0.3) is 0 Å². The maximum absolute atomic E-state index is 12.7. The molecule has 1 saturated heterocycles. The van der Waals surface area contributed by atoms with Gasteiger partial charge in [0, 0.05) is 30.9 Å². The Balaban J connectivity index is 1.32. The summed E-state index contributed by atoms with van der Waals surface area (Å²) >= 11 is 0. The molecule has 1 atom stereocenters. The van der Waals surface area contributed by atoms with Crippen LogP contribution in [0.4, 0.5) is 5.69 Å². The van der Waals surface area contributed by atoms with E-state index in [1.807, 2.05) is 36.4 Å². The summed E-state index contributed by atoms with van der Waals surface area (Å²) in [7, 11) is 0. The number of hydrogen-bond acceptors (Lipinski definition) is 4. The van der Waals surface area contributed by atoms with Gasteiger partial charge < -0.3 is 20.0 Å². The number of piperidine rings is 1. The fourth-order valence-corrected chi connectivity index (χ4v) is 3.81. The molecule has 0 bridgehead atoms. The molecule has 164 valence electrons. The quantitative estimate of drug-likeness (QED) is 0.623. The monoisotopic (exact) mass is 431 g/mol. The molecule has 3 amide bonds. The number of nitrogens with one attached hydrogen (secondary N) is 2. The van der Waals surface area contributed by atoms with Crippen LogP contribution < -0.4 is 10.6 Å². The van der Waals surface area contributed by atoms with E-state index in [0.29, 0.717) is 25.2 Å². The van der Waals surface area contributed by atoms with E-state index >= 15 is 0 Å². The predicted molar refractivity (Wildman–Crippen MR) is 120 cm³/mol. The molecule has 7 heteroatoms. The molecule has 4 rings (SSSR count). The molecular formula is C25H25N3O4. The van der Waals surface area contributed by atoms with Crippen LogP contribution in [-0.4, -0.2) is 35.7 Å². The molecule has 3 aromatic rings. The van der Waals surface area contributed by atoms with Crippen molar-refractivity contribution in [1.29, 1.82) is 0 Å². The molecule has 0 spiro atoms. The zero-order chi connectivity index (χ0) is 22.3. The SMILES string of the molecule is O=C(Nc1ccccc1)c1cccc(CNC(=O)C2CCCN(C(=O)c3ccco3)C2)c1. The minimum atomic E-state index is -0.271. The first-order valence-corrected chi connectivity index (χ1v) is 10.7. The van der Waals surface area contributed by atoms with Crippen molar-refractivity contribution in [3.8, 4) is 0 Å². The number of amides is 3. The topological polar surface area (TPSA) is 91.7 Å². The molecule has 2 N–H and O–H groups in total. The first-order valence-electron chi connectivity index (χ1n) is 10.7. The zero-order valence-corrected chi connectivity index (χ0v) is 17.6. The molecule has 2 heterocycles. The van der Waals surface area contributed by atoms with Crippen molar-refractivity contribution < 1.29 is 18.8 Å². The molecule has 0 radical (unpaired) electrons. The number of rotatable bonds is 6. The van der Waals surface area contributed by atoms with E-state index in [-0.39, 0.29) is 29.4 Å². The molecule has 1 aliphatic rings. The molecule has 1 unspecified atom stereocenters. The second kappa shape index (κ2) is 9.96. The first-order chi connectivity index (χ1) is 15.6. The van der Waals surface area contributed by atoms with Crippen molar-refractivity contribution in [1.82, 2.24) is 10.2 Å². The number of para-hydroxylation sites is 1. The summed E-state index contributed by atoms with van der Waals surface area (Å²) in [4.78, 5) is 39.4. The number of likely N-dealkylation sites (tertiary alicyclic amines) is 1. The third kappa shape index (κ3) is 5.24. The normalized spacial score (nSPS) is 15.8. The summed E-state index contributed by atoms with van der Waals surface area (Å²) < 4.78 is 5.19. The van der Waals surface area contributed by atoms with Gasteiger partial charge in [-0.2, -0.15) is 0 Å². The van der Waals surface area contributed by atoms with Gasteiger partial charge in [0.2, 0.25) is 5.91 Å². The van der Waals surface area contributed by atoms with E-state index < -0.39 is 0 Å². The minimum Gasteiger partial charge on any atom is -0.459 e. The average Bonchev–Trinajstić information content (AvgIpc) is 3.38. The first kappa shape index (κ1) is 21.4. The Hall–Kier alpha value is -3.87. The van der Waals surface area contributed by atoms with Crippen LogP contribution in [0.2, 0.25) is 0 Å². The van der Waals surface area contributed by atoms with Crippen molar-refractivity contribution >= 4 is 23.4 Å². The van der Waals surface area contributed by atoms with Gasteiger partial charge in [-0.25, -0.2) is 0 Å². The summed E-state index contributed by atoms with van der Waals surface area (Å²) in [6.45, 7) is 1.29. The van der Waals surface area contributed by atoms with Crippen LogP contribution in [0.1, 0.15) is 39.3 Å². The molecule has 2 aromatic carbocycles. The standard InChI is InChI=1S/C25H25N3O4/c29-23(20-9-5-13-28(17-20)25(31)22-12-6-14-32-22)26-16-18-7-4-8-19(15-18)24(30)27-21-10-2-1-3-11-21/h1-4,6-8,10-12,14-15,20H,5,9,13,16-17H2,(H,26,29)(H,27,30). The van der Waals surface area contributed by atoms with E-state index in [1.165, 1.54) is 6.26 Å². The highest BCUT2D eigenvalue weighted by molar-refractivity contribution is 6.04. The van der Waals surface area contributed by atoms with Crippen LogP contribution in [0.5, 0.6) is 0 Å². The predicted octanol–water partition coefficient (Wildman–Crippen LogP) is 3.70. The number of carbonyl (C=O) groups is 3.